The molecule has 1 heterocycles. The molecule has 0 amide bonds. The van der Waals surface area contributed by atoms with E-state index >= 15 is 0 Å². The fraction of sp³-hybridized carbons (Fsp3) is 0.500. The van der Waals surface area contributed by atoms with Gasteiger partial charge in [-0.2, -0.15) is 0 Å². The van der Waals surface area contributed by atoms with Crippen molar-refractivity contribution in [3.8, 4) is 5.75 Å². The average molecular weight is 248 g/mol. The highest BCUT2D eigenvalue weighted by Crippen LogP contribution is 2.23. The molecule has 0 bridgehead atoms. The van der Waals surface area contributed by atoms with Crippen molar-refractivity contribution in [3.05, 3.63) is 24.0 Å². The van der Waals surface area contributed by atoms with Gasteiger partial charge in [0.25, 0.3) is 0 Å². The van der Waals surface area contributed by atoms with Crippen LogP contribution in [0.15, 0.2) is 18.2 Å². The zero-order valence-corrected chi connectivity index (χ0v) is 11.2. The molecule has 1 aromatic carbocycles. The summed E-state index contributed by atoms with van der Waals surface area (Å²) in [5.41, 5.74) is 1.93. The number of benzene rings is 1. The van der Waals surface area contributed by atoms with Crippen LogP contribution >= 0.6 is 0 Å². The van der Waals surface area contributed by atoms with Gasteiger partial charge < -0.3 is 14.4 Å². The van der Waals surface area contributed by atoms with Crippen LogP contribution in [0.25, 0.3) is 11.0 Å². The fourth-order valence-corrected chi connectivity index (χ4v) is 2.10. The Morgan fingerprint density at radius 2 is 2.17 bits per heavy atom. The Labute approximate surface area is 107 Å². The van der Waals surface area contributed by atoms with E-state index in [1.54, 1.807) is 0 Å². The summed E-state index contributed by atoms with van der Waals surface area (Å²) in [6.07, 6.45) is 1.17. The van der Waals surface area contributed by atoms with Crippen LogP contribution in [0.2, 0.25) is 0 Å². The van der Waals surface area contributed by atoms with Crippen LogP contribution in [-0.4, -0.2) is 20.8 Å². The van der Waals surface area contributed by atoms with Crippen LogP contribution < -0.4 is 4.74 Å². The van der Waals surface area contributed by atoms with E-state index < -0.39 is 0 Å². The summed E-state index contributed by atoms with van der Waals surface area (Å²) in [4.78, 5) is 4.45. The smallest absolute Gasteiger partial charge is 0.135 e. The van der Waals surface area contributed by atoms with E-state index in [0.29, 0.717) is 5.82 Å². The van der Waals surface area contributed by atoms with Crippen molar-refractivity contribution in [2.24, 2.45) is 0 Å². The lowest BCUT2D eigenvalue weighted by atomic mass is 10.3. The first kappa shape index (κ1) is 12.9. The first-order valence-electron chi connectivity index (χ1n) is 6.42. The van der Waals surface area contributed by atoms with Gasteiger partial charge in [0.1, 0.15) is 18.2 Å². The molecule has 1 aromatic heterocycles. The van der Waals surface area contributed by atoms with E-state index in [2.05, 4.69) is 16.5 Å². The maximum absolute atomic E-state index is 9.35. The van der Waals surface area contributed by atoms with Crippen LogP contribution in [0.4, 0.5) is 0 Å². The standard InChI is InChI=1S/C14H20N2O2/c1-4-7-16-13-6-5-11(18-10(2)3)8-12(13)15-14(16)9-17/h5-6,8,10,17H,4,7,9H2,1-3H3. The summed E-state index contributed by atoms with van der Waals surface area (Å²) in [6.45, 7) is 6.95. The number of nitrogens with zero attached hydrogens (tertiary/aromatic N) is 2. The van der Waals surface area contributed by atoms with Crippen LogP contribution in [-0.2, 0) is 13.2 Å². The predicted octanol–water partition coefficient (Wildman–Crippen LogP) is 2.73. The normalized spacial score (nSPS) is 11.4. The maximum Gasteiger partial charge on any atom is 0.135 e. The van der Waals surface area contributed by atoms with Crippen molar-refractivity contribution in [1.29, 1.82) is 0 Å². The number of rotatable bonds is 5. The second-order valence-electron chi connectivity index (χ2n) is 4.65. The maximum atomic E-state index is 9.35. The number of fused-ring (bicyclic) bond motifs is 1. The van der Waals surface area contributed by atoms with Crippen molar-refractivity contribution in [3.63, 3.8) is 0 Å². The average Bonchev–Trinajstić information content (AvgIpc) is 2.66. The van der Waals surface area contributed by atoms with Gasteiger partial charge in [0.2, 0.25) is 0 Å². The van der Waals surface area contributed by atoms with Gasteiger partial charge in [0.15, 0.2) is 0 Å². The molecule has 18 heavy (non-hydrogen) atoms. The van der Waals surface area contributed by atoms with Gasteiger partial charge in [0.05, 0.1) is 17.1 Å². The van der Waals surface area contributed by atoms with Crippen molar-refractivity contribution < 1.29 is 9.84 Å². The molecule has 0 atom stereocenters. The Balaban J connectivity index is 2.45. The van der Waals surface area contributed by atoms with Crippen molar-refractivity contribution >= 4 is 11.0 Å². The van der Waals surface area contributed by atoms with Gasteiger partial charge >= 0.3 is 0 Å². The molecule has 0 spiro atoms. The van der Waals surface area contributed by atoms with Gasteiger partial charge in [0, 0.05) is 12.6 Å². The first-order valence-corrected chi connectivity index (χ1v) is 6.42. The molecule has 0 aliphatic rings. The summed E-state index contributed by atoms with van der Waals surface area (Å²) in [5, 5.41) is 9.35. The van der Waals surface area contributed by atoms with Crippen LogP contribution in [0.1, 0.15) is 33.0 Å². The summed E-state index contributed by atoms with van der Waals surface area (Å²) in [5.74, 6) is 1.54. The Hall–Kier alpha value is -1.55. The molecule has 0 unspecified atom stereocenters. The minimum atomic E-state index is -0.0327. The van der Waals surface area contributed by atoms with E-state index in [1.807, 2.05) is 32.0 Å². The van der Waals surface area contributed by atoms with Gasteiger partial charge in [-0.3, -0.25) is 0 Å². The largest absolute Gasteiger partial charge is 0.491 e. The van der Waals surface area contributed by atoms with Crippen LogP contribution in [0, 0.1) is 0 Å². The van der Waals surface area contributed by atoms with E-state index in [9.17, 15) is 5.11 Å². The topological polar surface area (TPSA) is 47.3 Å². The molecule has 4 heteroatoms. The Morgan fingerprint density at radius 3 is 2.78 bits per heavy atom. The molecule has 98 valence electrons. The van der Waals surface area contributed by atoms with Crippen LogP contribution in [0.5, 0.6) is 5.75 Å². The first-order chi connectivity index (χ1) is 8.65. The fourth-order valence-electron chi connectivity index (χ4n) is 2.10. The summed E-state index contributed by atoms with van der Waals surface area (Å²) in [7, 11) is 0. The molecular formula is C14H20N2O2. The molecule has 0 aliphatic carbocycles. The quantitative estimate of drug-likeness (QED) is 0.885. The van der Waals surface area contributed by atoms with Gasteiger partial charge in [-0.05, 0) is 32.4 Å². The summed E-state index contributed by atoms with van der Waals surface area (Å²) >= 11 is 0. The summed E-state index contributed by atoms with van der Waals surface area (Å²) in [6, 6.07) is 5.90. The third-order valence-electron chi connectivity index (χ3n) is 2.76. The molecule has 0 saturated carbocycles. The van der Waals surface area contributed by atoms with E-state index in [0.717, 1.165) is 29.7 Å². The lowest BCUT2D eigenvalue weighted by molar-refractivity contribution is 0.242. The van der Waals surface area contributed by atoms with Crippen molar-refractivity contribution in [2.45, 2.75) is 46.4 Å². The number of aryl methyl sites for hydroxylation is 1. The molecular weight excluding hydrogens is 228 g/mol. The van der Waals surface area contributed by atoms with Gasteiger partial charge in [-0.25, -0.2) is 4.98 Å². The minimum absolute atomic E-state index is 0.0327. The van der Waals surface area contributed by atoms with Crippen LogP contribution in [0.3, 0.4) is 0 Å². The Kier molecular flexibility index (Phi) is 3.87. The lowest BCUT2D eigenvalue weighted by Gasteiger charge is -2.09. The molecule has 0 aliphatic heterocycles. The number of aliphatic hydroxyl groups is 1. The number of hydrogen-bond acceptors (Lipinski definition) is 3. The molecule has 0 saturated heterocycles. The second kappa shape index (κ2) is 5.40. The van der Waals surface area contributed by atoms with Gasteiger partial charge in [-0.15, -0.1) is 0 Å². The zero-order chi connectivity index (χ0) is 13.1. The van der Waals surface area contributed by atoms with E-state index in [4.69, 9.17) is 4.74 Å². The molecule has 2 rings (SSSR count). The number of aromatic nitrogens is 2. The van der Waals surface area contributed by atoms with E-state index in [-0.39, 0.29) is 12.7 Å². The number of ether oxygens (including phenoxy) is 1. The predicted molar refractivity (Wildman–Crippen MR) is 71.7 cm³/mol. The molecule has 0 fully saturated rings. The van der Waals surface area contributed by atoms with E-state index in [1.165, 1.54) is 0 Å². The zero-order valence-electron chi connectivity index (χ0n) is 11.2. The third-order valence-corrected chi connectivity index (χ3v) is 2.76. The number of imidazole rings is 1. The molecule has 0 radical (unpaired) electrons. The Morgan fingerprint density at radius 1 is 1.39 bits per heavy atom. The van der Waals surface area contributed by atoms with Gasteiger partial charge in [-0.1, -0.05) is 6.92 Å². The lowest BCUT2D eigenvalue weighted by Crippen LogP contribution is -2.05. The number of aliphatic hydroxyl groups excluding tert-OH is 1. The Bertz CT molecular complexity index is 532. The molecule has 1 N–H and O–H groups in total. The minimum Gasteiger partial charge on any atom is -0.491 e. The van der Waals surface area contributed by atoms with Crippen molar-refractivity contribution in [2.75, 3.05) is 0 Å². The summed E-state index contributed by atoms with van der Waals surface area (Å²) < 4.78 is 7.72. The highest BCUT2D eigenvalue weighted by atomic mass is 16.5. The third kappa shape index (κ3) is 2.48. The molecule has 4 nitrogen and oxygen atoms in total. The second-order valence-corrected chi connectivity index (χ2v) is 4.65. The highest BCUT2D eigenvalue weighted by molar-refractivity contribution is 5.77. The number of hydrogen-bond donors (Lipinski definition) is 1. The highest BCUT2D eigenvalue weighted by Gasteiger charge is 2.10. The monoisotopic (exact) mass is 248 g/mol. The molecule has 2 aromatic rings. The van der Waals surface area contributed by atoms with Crippen molar-refractivity contribution in [1.82, 2.24) is 9.55 Å². The SMILES string of the molecule is CCCn1c(CO)nc2cc(OC(C)C)ccc21.